The number of nitrogens with two attached hydrogens (primary N) is 1. The van der Waals surface area contributed by atoms with Crippen molar-refractivity contribution in [3.05, 3.63) is 79.8 Å². The van der Waals surface area contributed by atoms with Gasteiger partial charge in [0.1, 0.15) is 12.2 Å². The Labute approximate surface area is 158 Å². The van der Waals surface area contributed by atoms with Crippen LogP contribution in [-0.4, -0.2) is 21.7 Å². The lowest BCUT2D eigenvalue weighted by molar-refractivity contribution is -0.588. The molecule has 0 heterocycles. The maximum absolute atomic E-state index is 11.0. The zero-order valence-electron chi connectivity index (χ0n) is 13.3. The maximum Gasteiger partial charge on any atom is 0.328 e. The molecule has 4 N–H and O–H groups in total. The maximum atomic E-state index is 11.0. The number of carboxylic acid groups (broad SMARTS) is 1. The molecule has 2 aromatic carbocycles. The minimum Gasteiger partial charge on any atom is -0.478 e. The number of hydrogen-bond donors (Lipinski definition) is 3. The summed E-state index contributed by atoms with van der Waals surface area (Å²) in [7, 11) is 0. The molecule has 9 heteroatoms. The number of non-ortho nitro benzene ring substituents is 1. The Balaban J connectivity index is 2.33. The molecule has 0 aliphatic rings. The van der Waals surface area contributed by atoms with Gasteiger partial charge >= 0.3 is 5.97 Å². The van der Waals surface area contributed by atoms with Crippen LogP contribution in [0.5, 0.6) is 0 Å². The van der Waals surface area contributed by atoms with Crippen LogP contribution >= 0.6 is 23.2 Å². The Morgan fingerprint density at radius 2 is 1.96 bits per heavy atom. The van der Waals surface area contributed by atoms with E-state index in [1.54, 1.807) is 23.5 Å². The third-order valence-electron chi connectivity index (χ3n) is 3.49. The van der Waals surface area contributed by atoms with Crippen molar-refractivity contribution in [3.63, 3.8) is 0 Å². The van der Waals surface area contributed by atoms with Gasteiger partial charge in [-0.2, -0.15) is 0 Å². The summed E-state index contributed by atoms with van der Waals surface area (Å²) in [5.74, 6) is -1.19. The average Bonchev–Trinajstić information content (AvgIpc) is 2.58. The summed E-state index contributed by atoms with van der Waals surface area (Å²) < 4.78 is 0. The number of carboxylic acids is 1. The van der Waals surface area contributed by atoms with Crippen LogP contribution in [0.25, 0.3) is 0 Å². The van der Waals surface area contributed by atoms with Gasteiger partial charge in [-0.1, -0.05) is 29.3 Å². The van der Waals surface area contributed by atoms with Crippen molar-refractivity contribution in [2.24, 2.45) is 0 Å². The number of nitrogens with one attached hydrogen (secondary N) is 1. The van der Waals surface area contributed by atoms with E-state index in [-0.39, 0.29) is 11.4 Å². The predicted molar refractivity (Wildman–Crippen MR) is 98.5 cm³/mol. The molecule has 0 radical (unpaired) electrons. The first-order valence-corrected chi connectivity index (χ1v) is 8.09. The molecule has 2 aromatic rings. The number of nitro benzene ring substituents is 1. The van der Waals surface area contributed by atoms with Crippen LogP contribution < -0.4 is 5.32 Å². The molecule has 26 heavy (non-hydrogen) atoms. The number of quaternary nitrogens is 1. The van der Waals surface area contributed by atoms with Gasteiger partial charge in [-0.05, 0) is 24.3 Å². The van der Waals surface area contributed by atoms with Gasteiger partial charge < -0.3 is 15.8 Å². The smallest absolute Gasteiger partial charge is 0.328 e. The molecule has 134 valence electrons. The molecule has 0 saturated heterocycles. The second kappa shape index (κ2) is 8.57. The highest BCUT2D eigenvalue weighted by molar-refractivity contribution is 6.35. The number of halogens is 2. The fourth-order valence-corrected chi connectivity index (χ4v) is 2.72. The Kier molecular flexibility index (Phi) is 6.46. The van der Waals surface area contributed by atoms with E-state index in [4.69, 9.17) is 33.7 Å². The van der Waals surface area contributed by atoms with E-state index < -0.39 is 10.9 Å². The van der Waals surface area contributed by atoms with Crippen molar-refractivity contribution in [2.45, 2.75) is 6.54 Å². The van der Waals surface area contributed by atoms with Gasteiger partial charge in [0.2, 0.25) is 0 Å². The fraction of sp³-hybridized carbons (Fsp3) is 0.0588. The first-order valence-electron chi connectivity index (χ1n) is 7.33. The summed E-state index contributed by atoms with van der Waals surface area (Å²) in [6.07, 6.45) is 1.96. The van der Waals surface area contributed by atoms with Gasteiger partial charge in [0, 0.05) is 22.7 Å². The van der Waals surface area contributed by atoms with Crippen molar-refractivity contribution in [1.29, 1.82) is 5.41 Å². The number of nitro groups is 1. The summed E-state index contributed by atoms with van der Waals surface area (Å²) in [6.45, 7) is 0.361. The molecule has 0 saturated carbocycles. The molecule has 0 aliphatic heterocycles. The number of allylic oxidation sites excluding steroid dienone is 1. The number of carbonyl (C=O) groups is 1. The lowest BCUT2D eigenvalue weighted by atomic mass is 10.1. The monoisotopic (exact) mass is 394 g/mol. The molecule has 2 rings (SSSR count). The molecule has 7 nitrogen and oxygen atoms in total. The largest absolute Gasteiger partial charge is 0.478 e. The van der Waals surface area contributed by atoms with Gasteiger partial charge in [0.15, 0.2) is 0 Å². The van der Waals surface area contributed by atoms with Gasteiger partial charge in [-0.25, -0.2) is 4.79 Å². The van der Waals surface area contributed by atoms with Crippen LogP contribution in [-0.2, 0) is 11.3 Å². The number of benzene rings is 2. The SMILES string of the molecule is N=C(C=CC(=O)O)c1ccc([N+](=O)[O-])cc1[NH2+]Cc1ccc(Cl)cc1Cl. The van der Waals surface area contributed by atoms with Crippen LogP contribution in [0.15, 0.2) is 48.6 Å². The average molecular weight is 395 g/mol. The Hall–Kier alpha value is -2.74. The van der Waals surface area contributed by atoms with E-state index in [9.17, 15) is 14.9 Å². The molecule has 0 spiro atoms. The van der Waals surface area contributed by atoms with Crippen LogP contribution in [0, 0.1) is 15.5 Å². The molecule has 0 aromatic heterocycles. The zero-order chi connectivity index (χ0) is 19.3. The van der Waals surface area contributed by atoms with Gasteiger partial charge in [-0.3, -0.25) is 10.1 Å². The fourth-order valence-electron chi connectivity index (χ4n) is 2.23. The Morgan fingerprint density at radius 3 is 2.58 bits per heavy atom. The van der Waals surface area contributed by atoms with Crippen molar-refractivity contribution < 1.29 is 20.1 Å². The van der Waals surface area contributed by atoms with Crippen LogP contribution in [0.2, 0.25) is 10.0 Å². The number of aliphatic carboxylic acids is 1. The normalized spacial score (nSPS) is 10.8. The van der Waals surface area contributed by atoms with Gasteiger partial charge in [0.05, 0.1) is 27.3 Å². The van der Waals surface area contributed by atoms with E-state index in [1.165, 1.54) is 18.2 Å². The van der Waals surface area contributed by atoms with E-state index in [1.807, 2.05) is 0 Å². The van der Waals surface area contributed by atoms with E-state index >= 15 is 0 Å². The van der Waals surface area contributed by atoms with Crippen LogP contribution in [0.3, 0.4) is 0 Å². The number of rotatable bonds is 7. The molecule has 0 atom stereocenters. The third-order valence-corrected chi connectivity index (χ3v) is 4.07. The summed E-state index contributed by atoms with van der Waals surface area (Å²) in [6, 6.07) is 9.05. The first-order chi connectivity index (χ1) is 12.3. The molecule has 0 aliphatic carbocycles. The van der Waals surface area contributed by atoms with Gasteiger partial charge in [0.25, 0.3) is 5.69 Å². The highest BCUT2D eigenvalue weighted by Crippen LogP contribution is 2.22. The predicted octanol–water partition coefficient (Wildman–Crippen LogP) is 3.31. The molecular weight excluding hydrogens is 381 g/mol. The second-order valence-corrected chi connectivity index (χ2v) is 6.10. The quantitative estimate of drug-likeness (QED) is 0.219. The second-order valence-electron chi connectivity index (χ2n) is 5.26. The van der Waals surface area contributed by atoms with Crippen molar-refractivity contribution in [2.75, 3.05) is 0 Å². The van der Waals surface area contributed by atoms with E-state index in [2.05, 4.69) is 0 Å². The minimum atomic E-state index is -1.19. The molecule has 0 amide bonds. The lowest BCUT2D eigenvalue weighted by Crippen LogP contribution is -2.76. The minimum absolute atomic E-state index is 0.0734. The number of hydrogen-bond acceptors (Lipinski definition) is 4. The lowest BCUT2D eigenvalue weighted by Gasteiger charge is -2.08. The van der Waals surface area contributed by atoms with E-state index in [0.717, 1.165) is 17.7 Å². The summed E-state index contributed by atoms with van der Waals surface area (Å²) in [5, 5.41) is 30.4. The van der Waals surface area contributed by atoms with Crippen LogP contribution in [0.1, 0.15) is 11.1 Å². The molecule has 0 unspecified atom stereocenters. The van der Waals surface area contributed by atoms with Crippen molar-refractivity contribution in [3.8, 4) is 0 Å². The Bertz CT molecular complexity index is 913. The number of nitrogens with zero attached hydrogens (tertiary/aromatic N) is 1. The van der Waals surface area contributed by atoms with Crippen LogP contribution in [0.4, 0.5) is 11.4 Å². The highest BCUT2D eigenvalue weighted by Gasteiger charge is 2.17. The van der Waals surface area contributed by atoms with Crippen molar-refractivity contribution >= 4 is 46.3 Å². The topological polar surface area (TPSA) is 121 Å². The molecule has 0 bridgehead atoms. The summed E-state index contributed by atoms with van der Waals surface area (Å²) >= 11 is 12.0. The van der Waals surface area contributed by atoms with Crippen molar-refractivity contribution in [1.82, 2.24) is 0 Å². The molecule has 0 fully saturated rings. The highest BCUT2D eigenvalue weighted by atomic mass is 35.5. The van der Waals surface area contributed by atoms with Gasteiger partial charge in [-0.15, -0.1) is 0 Å². The Morgan fingerprint density at radius 1 is 1.23 bits per heavy atom. The first kappa shape index (κ1) is 19.6. The molecular formula is C17H14Cl2N3O4+. The van der Waals surface area contributed by atoms with E-state index in [0.29, 0.717) is 27.8 Å². The zero-order valence-corrected chi connectivity index (χ0v) is 14.8. The summed E-state index contributed by atoms with van der Waals surface area (Å²) in [4.78, 5) is 21.1. The standard InChI is InChI=1S/C17H13Cl2N3O4/c18-11-2-1-10(14(19)7-11)9-21-16-8-12(22(25)26)3-4-13(16)15(20)5-6-17(23)24/h1-8,20-21H,9H2,(H,23,24)/p+1. The summed E-state index contributed by atoms with van der Waals surface area (Å²) in [5.41, 5.74) is 1.37. The third kappa shape index (κ3) is 5.13.